The molecule has 15 heteroatoms. The van der Waals surface area contributed by atoms with Crippen LogP contribution in [0.5, 0.6) is 0 Å². The summed E-state index contributed by atoms with van der Waals surface area (Å²) < 4.78 is 6.12. The second kappa shape index (κ2) is 49.6. The summed E-state index contributed by atoms with van der Waals surface area (Å²) in [5.41, 5.74) is 36.8. The third-order valence-electron chi connectivity index (χ3n) is 23.0. The summed E-state index contributed by atoms with van der Waals surface area (Å²) in [6.45, 7) is 51.5. The summed E-state index contributed by atoms with van der Waals surface area (Å²) in [6, 6.07) is 85.3. The number of carbonyl (C=O) groups excluding carboxylic acids is 3. The molecular formula is C120H130Ir4N4O7-4. The minimum Gasteiger partial charge on any atom is -0.512 e. The minimum absolute atomic E-state index is 0. The molecule has 2 aliphatic carbocycles. The Morgan fingerprint density at radius 3 is 1.12 bits per heavy atom. The Balaban J connectivity index is 0.000000228. The van der Waals surface area contributed by atoms with Gasteiger partial charge in [-0.25, -0.2) is 0 Å². The van der Waals surface area contributed by atoms with Gasteiger partial charge in [0.15, 0.2) is 17.3 Å². The van der Waals surface area contributed by atoms with Crippen molar-refractivity contribution in [2.45, 2.75) is 216 Å². The van der Waals surface area contributed by atoms with Crippen LogP contribution < -0.4 is 0 Å². The van der Waals surface area contributed by atoms with Crippen molar-refractivity contribution in [1.82, 2.24) is 19.9 Å². The summed E-state index contributed by atoms with van der Waals surface area (Å²) in [5.74, 6) is 2.58. The SMILES string of the molecule is CC(=O)C=C(C)O.CC(=O)C=C(C)O.CC(C)CC(=O)C=C(O)CC(C)C.Cc1[c-]c(-c2cc(CC(C)C)c3cc4c(cc3n2)C(C)(C)c2ccccc2-4)cc(C)c1.Cc1[c-]c(-c2cc(CC(C)C)c3cc4c(cc3n2)C(C)(C)c2ccccc2-4)cc(C)c1.Cc1[c-]c(-c2cc(CC(C)C)c3cc4c(cc3n2)oc2ccccc24)cc(C)c1.Cc1ccc(-c2[c-]cccc2)nc1.[Ir].[Ir].[Ir].[Ir]. The smallest absolute Gasteiger partial charge is 0.159 e. The Kier molecular flexibility index (Phi) is 41.0. The molecule has 0 saturated heterocycles. The van der Waals surface area contributed by atoms with Crippen LogP contribution in [0.4, 0.5) is 0 Å². The molecule has 0 aliphatic heterocycles. The first-order valence-electron chi connectivity index (χ1n) is 46.0. The average molecular weight is 2510 g/mol. The maximum atomic E-state index is 11.2. The number of hydrogen-bond donors (Lipinski definition) is 3. The Morgan fingerprint density at radius 2 is 0.756 bits per heavy atom. The molecule has 15 aromatic rings. The number of benzene rings is 10. The molecule has 11 nitrogen and oxygen atoms in total. The molecule has 10 aromatic carbocycles. The number of para-hydroxylation sites is 1. The van der Waals surface area contributed by atoms with Crippen molar-refractivity contribution in [2.75, 3.05) is 0 Å². The van der Waals surface area contributed by atoms with Gasteiger partial charge in [0.1, 0.15) is 11.2 Å². The third-order valence-corrected chi connectivity index (χ3v) is 23.0. The fraction of sp³-hybridized carbons (Fsp3) is 0.308. The zero-order chi connectivity index (χ0) is 95.2. The molecule has 2 aliphatic rings. The van der Waals surface area contributed by atoms with Gasteiger partial charge in [0.05, 0.1) is 33.8 Å². The number of aromatic nitrogens is 4. The first-order valence-corrected chi connectivity index (χ1v) is 46.0. The third kappa shape index (κ3) is 29.6. The Labute approximate surface area is 856 Å². The number of fused-ring (bicyclic) bond motifs is 12. The first kappa shape index (κ1) is 112. The van der Waals surface area contributed by atoms with E-state index in [-0.39, 0.29) is 126 Å². The maximum absolute atomic E-state index is 11.2. The van der Waals surface area contributed by atoms with Crippen LogP contribution >= 0.6 is 0 Å². The number of rotatable bonds is 17. The van der Waals surface area contributed by atoms with E-state index in [2.05, 4.69) is 298 Å². The fourth-order valence-corrected chi connectivity index (χ4v) is 17.7. The van der Waals surface area contributed by atoms with Crippen molar-refractivity contribution in [3.8, 4) is 67.3 Å². The van der Waals surface area contributed by atoms with Crippen molar-refractivity contribution >= 4 is 72.0 Å². The van der Waals surface area contributed by atoms with Crippen LogP contribution in [0, 0.1) is 102 Å². The number of aryl methyl sites for hydroxylation is 7. The largest absolute Gasteiger partial charge is 0.512 e. The summed E-state index contributed by atoms with van der Waals surface area (Å²) in [7, 11) is 0. The molecule has 0 fully saturated rings. The number of pyridine rings is 4. The van der Waals surface area contributed by atoms with E-state index in [4.69, 9.17) is 29.6 Å². The van der Waals surface area contributed by atoms with E-state index < -0.39 is 0 Å². The molecule has 3 N–H and O–H groups in total. The second-order valence-corrected chi connectivity index (χ2v) is 38.8. The van der Waals surface area contributed by atoms with Crippen molar-refractivity contribution in [3.05, 3.63) is 344 Å². The molecular weight excluding hydrogens is 2380 g/mol. The number of ketones is 3. The van der Waals surface area contributed by atoms with E-state index in [9.17, 15) is 19.5 Å². The second-order valence-electron chi connectivity index (χ2n) is 38.8. The molecule has 0 atom stereocenters. The van der Waals surface area contributed by atoms with Crippen LogP contribution in [0.15, 0.2) is 246 Å². The molecule has 4 radical (unpaired) electrons. The predicted octanol–water partition coefficient (Wildman–Crippen LogP) is 31.1. The van der Waals surface area contributed by atoms with Crippen LogP contribution in [-0.4, -0.2) is 52.6 Å². The molecule has 135 heavy (non-hydrogen) atoms. The molecule has 17 rings (SSSR count). The van der Waals surface area contributed by atoms with Gasteiger partial charge >= 0.3 is 0 Å². The van der Waals surface area contributed by atoms with E-state index >= 15 is 0 Å². The Morgan fingerprint density at radius 1 is 0.363 bits per heavy atom. The van der Waals surface area contributed by atoms with Gasteiger partial charge in [-0.2, -0.15) is 0 Å². The summed E-state index contributed by atoms with van der Waals surface area (Å²) in [6.07, 6.45) is 9.77. The molecule has 0 amide bonds. The van der Waals surface area contributed by atoms with E-state index in [1.165, 1.54) is 146 Å². The quantitative estimate of drug-likeness (QED) is 0.0449. The Bertz CT molecular complexity index is 6490. The summed E-state index contributed by atoms with van der Waals surface area (Å²) in [4.78, 5) is 50.9. The van der Waals surface area contributed by atoms with Crippen molar-refractivity contribution < 1.29 is 115 Å². The summed E-state index contributed by atoms with van der Waals surface area (Å²) in [5, 5.41) is 32.2. The molecule has 5 heterocycles. The van der Waals surface area contributed by atoms with Crippen LogP contribution in [0.25, 0.3) is 122 Å². The minimum atomic E-state index is -0.125. The maximum Gasteiger partial charge on any atom is 0.159 e. The molecule has 5 aromatic heterocycles. The normalized spacial score (nSPS) is 12.4. The number of carbonyl (C=O) groups is 3. The zero-order valence-electron chi connectivity index (χ0n) is 82.9. The molecule has 0 spiro atoms. The van der Waals surface area contributed by atoms with E-state index in [0.29, 0.717) is 42.4 Å². The fourth-order valence-electron chi connectivity index (χ4n) is 17.7. The number of aliphatic hydroxyl groups excluding tert-OH is 3. The number of furan rings is 1. The van der Waals surface area contributed by atoms with Gasteiger partial charge in [-0.15, -0.1) is 141 Å². The van der Waals surface area contributed by atoms with Gasteiger partial charge in [-0.05, 0) is 209 Å². The van der Waals surface area contributed by atoms with E-state index in [0.717, 1.165) is 119 Å². The summed E-state index contributed by atoms with van der Waals surface area (Å²) >= 11 is 0. The zero-order valence-corrected chi connectivity index (χ0v) is 92.5. The van der Waals surface area contributed by atoms with Crippen LogP contribution in [-0.2, 0) is 125 Å². The molecule has 712 valence electrons. The number of hydrogen-bond acceptors (Lipinski definition) is 11. The molecule has 0 bridgehead atoms. The van der Waals surface area contributed by atoms with Gasteiger partial charge in [0.25, 0.3) is 0 Å². The monoisotopic (exact) mass is 2510 g/mol. The van der Waals surface area contributed by atoms with Gasteiger partial charge in [0.2, 0.25) is 0 Å². The van der Waals surface area contributed by atoms with Crippen LogP contribution in [0.2, 0.25) is 0 Å². The standard InChI is InChI=1S/2C30H30N.C27H24NO.C12H10N.C11H20O2.2C5H8O2.4Ir/c2*1-18(2)11-21-15-28(22-13-19(3)12-20(4)14-22)31-29-17-27-25(16-24(21)29)23-9-7-8-10-26(23)30(27,5)6;1-16(2)9-19-13-24(20-11-17(3)10-18(4)12-20)28-25-15-27-23(14-22(19)25)21-7-5-6-8-26(21)29-27;1-10-7-8-12(13-9-10)11-5-3-2-4-6-11;1-8(2)5-10(12)7-11(13)6-9(3)4;2*1-4(6)3-5(2)7;;;;/h2*7-10,12-13,15-18H,11H2,1-6H3;5-8,10-11,13-16H,9H2,1-4H3;2-5,7-9H,1H3;7-9,12H,5-6H2,1-4H3;2*3,6H,1-2H3;;;;/q4*-1;;;;;;;. The average Bonchev–Trinajstić information content (AvgIpc) is 1.57. The van der Waals surface area contributed by atoms with Crippen molar-refractivity contribution in [1.29, 1.82) is 0 Å². The Hall–Kier alpha value is -10.4. The number of allylic oxidation sites excluding steroid dienone is 6. The topological polar surface area (TPSA) is 177 Å². The number of aliphatic hydroxyl groups is 3. The predicted molar refractivity (Wildman–Crippen MR) is 547 cm³/mol. The van der Waals surface area contributed by atoms with Gasteiger partial charge in [-0.3, -0.25) is 29.3 Å². The number of nitrogens with zero attached hydrogens (tertiary/aromatic N) is 4. The van der Waals surface area contributed by atoms with Gasteiger partial charge < -0.3 is 24.7 Å². The van der Waals surface area contributed by atoms with Crippen LogP contribution in [0.3, 0.4) is 0 Å². The van der Waals surface area contributed by atoms with Crippen molar-refractivity contribution in [3.63, 3.8) is 0 Å². The van der Waals surface area contributed by atoms with Crippen molar-refractivity contribution in [2.24, 2.45) is 29.6 Å². The van der Waals surface area contributed by atoms with E-state index in [1.54, 1.807) is 0 Å². The van der Waals surface area contributed by atoms with Gasteiger partial charge in [-0.1, -0.05) is 236 Å². The van der Waals surface area contributed by atoms with E-state index in [1.807, 2.05) is 83.3 Å². The van der Waals surface area contributed by atoms with Crippen LogP contribution in [0.1, 0.15) is 215 Å². The molecule has 0 unspecified atom stereocenters. The molecule has 0 saturated carbocycles. The van der Waals surface area contributed by atoms with Gasteiger partial charge in [0, 0.05) is 162 Å². The first-order chi connectivity index (χ1) is 62.0.